The number of amides is 4. The largest absolute Gasteiger partial charge is 0.454 e. The van der Waals surface area contributed by atoms with Gasteiger partial charge in [0.1, 0.15) is 18.4 Å². The Morgan fingerprint density at radius 3 is 2.82 bits per heavy atom. The number of benzene rings is 2. The van der Waals surface area contributed by atoms with E-state index < -0.39 is 29.9 Å². The lowest BCUT2D eigenvalue weighted by Crippen LogP contribution is -2.43. The van der Waals surface area contributed by atoms with Crippen LogP contribution >= 0.6 is 0 Å². The number of hydrogen-bond acceptors (Lipinski definition) is 8. The summed E-state index contributed by atoms with van der Waals surface area (Å²) >= 11 is 0. The van der Waals surface area contributed by atoms with E-state index in [9.17, 15) is 14.4 Å². The van der Waals surface area contributed by atoms with Crippen molar-refractivity contribution in [3.05, 3.63) is 59.9 Å². The molecule has 2 atom stereocenters. The van der Waals surface area contributed by atoms with Crippen LogP contribution in [0.4, 0.5) is 4.79 Å². The molecule has 2 aliphatic heterocycles. The van der Waals surface area contributed by atoms with Crippen LogP contribution in [0.5, 0.6) is 11.5 Å². The minimum absolute atomic E-state index is 0.156. The number of ether oxygens (including phenoxy) is 2. The van der Waals surface area contributed by atoms with Crippen LogP contribution in [0.1, 0.15) is 31.0 Å². The topological polar surface area (TPSA) is 141 Å². The first-order valence-corrected chi connectivity index (χ1v) is 10.5. The Bertz CT molecular complexity index is 1280. The highest BCUT2D eigenvalue weighted by molar-refractivity contribution is 6.09. The lowest BCUT2D eigenvalue weighted by Gasteiger charge is -2.23. The minimum Gasteiger partial charge on any atom is -0.454 e. The van der Waals surface area contributed by atoms with Gasteiger partial charge < -0.3 is 20.1 Å². The first-order valence-electron chi connectivity index (χ1n) is 10.5. The Labute approximate surface area is 193 Å². The molecule has 12 nitrogen and oxygen atoms in total. The van der Waals surface area contributed by atoms with Gasteiger partial charge in [-0.1, -0.05) is 18.2 Å². The van der Waals surface area contributed by atoms with Gasteiger partial charge in [0.2, 0.25) is 12.7 Å². The predicted octanol–water partition coefficient (Wildman–Crippen LogP) is 1.04. The molecule has 34 heavy (non-hydrogen) atoms. The number of imide groups is 1. The fourth-order valence-electron chi connectivity index (χ4n) is 3.97. The molecule has 1 aromatic heterocycles. The molecule has 174 valence electrons. The standard InChI is InChI=1S/C22H21N7O5/c1-13(14-6-7-17-18(8-14)34-12-33-17)24-19(30)10-28-20(31)22(2,25-21(28)32)15-4-3-5-16(9-15)29-11-23-26-27-29/h3-9,11,13H,10,12H2,1-2H3,(H,24,30)(H,25,32)/t13-,22+/m1/s1. The number of nitrogens with zero attached hydrogens (tertiary/aromatic N) is 5. The minimum atomic E-state index is -1.34. The van der Waals surface area contributed by atoms with Crippen molar-refractivity contribution in [2.45, 2.75) is 25.4 Å². The first kappa shape index (κ1) is 21.4. The fourth-order valence-corrected chi connectivity index (χ4v) is 3.97. The monoisotopic (exact) mass is 463 g/mol. The van der Waals surface area contributed by atoms with E-state index in [0.29, 0.717) is 22.7 Å². The van der Waals surface area contributed by atoms with E-state index in [0.717, 1.165) is 10.5 Å². The zero-order chi connectivity index (χ0) is 23.9. The number of urea groups is 1. The molecule has 3 heterocycles. The van der Waals surface area contributed by atoms with Crippen molar-refractivity contribution in [3.63, 3.8) is 0 Å². The van der Waals surface area contributed by atoms with E-state index in [1.807, 2.05) is 6.07 Å². The highest BCUT2D eigenvalue weighted by Gasteiger charge is 2.49. The van der Waals surface area contributed by atoms with Gasteiger partial charge in [-0.2, -0.15) is 0 Å². The van der Waals surface area contributed by atoms with Crippen molar-refractivity contribution in [1.82, 2.24) is 35.7 Å². The second kappa shape index (κ2) is 8.14. The molecule has 0 spiro atoms. The van der Waals surface area contributed by atoms with E-state index in [1.165, 1.54) is 11.0 Å². The summed E-state index contributed by atoms with van der Waals surface area (Å²) in [5.74, 6) is 0.245. The van der Waals surface area contributed by atoms with Gasteiger partial charge in [-0.15, -0.1) is 5.10 Å². The van der Waals surface area contributed by atoms with E-state index in [-0.39, 0.29) is 12.8 Å². The van der Waals surface area contributed by atoms with Crippen molar-refractivity contribution >= 4 is 17.8 Å². The van der Waals surface area contributed by atoms with Crippen LogP contribution < -0.4 is 20.1 Å². The maximum atomic E-state index is 13.2. The van der Waals surface area contributed by atoms with E-state index >= 15 is 0 Å². The third-order valence-corrected chi connectivity index (χ3v) is 5.89. The summed E-state index contributed by atoms with van der Waals surface area (Å²) in [6, 6.07) is 11.3. The average molecular weight is 463 g/mol. The van der Waals surface area contributed by atoms with Crippen LogP contribution in [-0.2, 0) is 15.1 Å². The van der Waals surface area contributed by atoms with E-state index in [2.05, 4.69) is 26.2 Å². The van der Waals surface area contributed by atoms with Gasteiger partial charge in [-0.05, 0) is 59.7 Å². The van der Waals surface area contributed by atoms with Gasteiger partial charge in [0.25, 0.3) is 5.91 Å². The van der Waals surface area contributed by atoms with E-state index in [4.69, 9.17) is 9.47 Å². The number of fused-ring (bicyclic) bond motifs is 1. The molecular weight excluding hydrogens is 442 g/mol. The van der Waals surface area contributed by atoms with Gasteiger partial charge in [0.15, 0.2) is 11.5 Å². The molecule has 1 fully saturated rings. The lowest BCUT2D eigenvalue weighted by atomic mass is 9.91. The van der Waals surface area contributed by atoms with Gasteiger partial charge in [0.05, 0.1) is 11.7 Å². The summed E-state index contributed by atoms with van der Waals surface area (Å²) in [5, 5.41) is 16.6. The molecule has 1 saturated heterocycles. The molecule has 0 bridgehead atoms. The number of carbonyl (C=O) groups excluding carboxylic acids is 3. The third-order valence-electron chi connectivity index (χ3n) is 5.89. The molecular formula is C22H21N7O5. The summed E-state index contributed by atoms with van der Waals surface area (Å²) in [6.45, 7) is 3.14. The molecule has 2 aliphatic rings. The zero-order valence-electron chi connectivity index (χ0n) is 18.4. The highest BCUT2D eigenvalue weighted by Crippen LogP contribution is 2.34. The summed E-state index contributed by atoms with van der Waals surface area (Å²) in [6.07, 6.45) is 1.43. The average Bonchev–Trinajstić information content (AvgIpc) is 3.57. The van der Waals surface area contributed by atoms with Crippen molar-refractivity contribution < 1.29 is 23.9 Å². The molecule has 3 aromatic rings. The summed E-state index contributed by atoms with van der Waals surface area (Å²) in [4.78, 5) is 39.5. The number of rotatable bonds is 6. The number of aromatic nitrogens is 4. The molecule has 2 aromatic carbocycles. The maximum Gasteiger partial charge on any atom is 0.325 e. The third kappa shape index (κ3) is 3.68. The van der Waals surface area contributed by atoms with Gasteiger partial charge in [-0.3, -0.25) is 14.5 Å². The molecule has 12 heteroatoms. The maximum absolute atomic E-state index is 13.2. The molecule has 0 unspecified atom stereocenters. The van der Waals surface area contributed by atoms with Crippen molar-refractivity contribution in [1.29, 1.82) is 0 Å². The first-order chi connectivity index (χ1) is 16.3. The Morgan fingerprint density at radius 2 is 2.03 bits per heavy atom. The number of carbonyl (C=O) groups is 3. The quantitative estimate of drug-likeness (QED) is 0.517. The highest BCUT2D eigenvalue weighted by atomic mass is 16.7. The van der Waals surface area contributed by atoms with Gasteiger partial charge >= 0.3 is 6.03 Å². The van der Waals surface area contributed by atoms with E-state index in [1.54, 1.807) is 50.2 Å². The number of tetrazole rings is 1. The second-order valence-corrected chi connectivity index (χ2v) is 8.15. The molecule has 0 saturated carbocycles. The molecule has 0 radical (unpaired) electrons. The van der Waals surface area contributed by atoms with Crippen molar-refractivity contribution in [2.75, 3.05) is 13.3 Å². The zero-order valence-corrected chi connectivity index (χ0v) is 18.4. The van der Waals surface area contributed by atoms with Crippen LogP contribution in [0, 0.1) is 0 Å². The smallest absolute Gasteiger partial charge is 0.325 e. The number of hydrogen-bond donors (Lipinski definition) is 2. The Morgan fingerprint density at radius 1 is 1.21 bits per heavy atom. The van der Waals surface area contributed by atoms with Crippen molar-refractivity contribution in [3.8, 4) is 17.2 Å². The number of nitrogens with one attached hydrogen (secondary N) is 2. The lowest BCUT2D eigenvalue weighted by molar-refractivity contribution is -0.135. The summed E-state index contributed by atoms with van der Waals surface area (Å²) in [7, 11) is 0. The second-order valence-electron chi connectivity index (χ2n) is 8.15. The summed E-state index contributed by atoms with van der Waals surface area (Å²) in [5.41, 5.74) is 0.624. The predicted molar refractivity (Wildman–Crippen MR) is 116 cm³/mol. The Balaban J connectivity index is 1.29. The molecule has 2 N–H and O–H groups in total. The SMILES string of the molecule is C[C@@H](NC(=O)CN1C(=O)N[C@@](C)(c2cccc(-n3cnnn3)c2)C1=O)c1ccc2c(c1)OCO2. The van der Waals surface area contributed by atoms with Crippen LogP contribution in [-0.4, -0.2) is 56.3 Å². The normalized spacial score (nSPS) is 19.8. The van der Waals surface area contributed by atoms with Crippen LogP contribution in [0.3, 0.4) is 0 Å². The summed E-state index contributed by atoms with van der Waals surface area (Å²) < 4.78 is 12.1. The van der Waals surface area contributed by atoms with Gasteiger partial charge in [0, 0.05) is 0 Å². The Kier molecular flexibility index (Phi) is 5.11. The Hall–Kier alpha value is -4.48. The van der Waals surface area contributed by atoms with Crippen molar-refractivity contribution in [2.24, 2.45) is 0 Å². The van der Waals surface area contributed by atoms with Gasteiger partial charge in [-0.25, -0.2) is 9.48 Å². The molecule has 5 rings (SSSR count). The van der Waals surface area contributed by atoms with Crippen LogP contribution in [0.15, 0.2) is 48.8 Å². The van der Waals surface area contributed by atoms with Crippen LogP contribution in [0.2, 0.25) is 0 Å². The van der Waals surface area contributed by atoms with Crippen LogP contribution in [0.25, 0.3) is 5.69 Å². The molecule has 4 amide bonds. The fraction of sp³-hybridized carbons (Fsp3) is 0.273. The molecule has 0 aliphatic carbocycles.